The first kappa shape index (κ1) is 23.0. The van der Waals surface area contributed by atoms with Crippen molar-refractivity contribution in [2.45, 2.75) is 96.4 Å². The average molecular weight is 389 g/mol. The lowest BCUT2D eigenvalue weighted by Crippen LogP contribution is -2.30. The predicted octanol–water partition coefficient (Wildman–Crippen LogP) is 4.05. The normalized spacial score (nSPS) is 31.3. The maximum absolute atomic E-state index is 5.98. The highest BCUT2D eigenvalue weighted by Gasteiger charge is 2.29. The Morgan fingerprint density at radius 3 is 1.41 bits per heavy atom. The van der Waals surface area contributed by atoms with Crippen LogP contribution in [0.2, 0.25) is 0 Å². The minimum atomic E-state index is -0.0351. The lowest BCUT2D eigenvalue weighted by Gasteiger charge is -2.25. The van der Waals surface area contributed by atoms with Gasteiger partial charge in [-0.2, -0.15) is 0 Å². The van der Waals surface area contributed by atoms with Crippen LogP contribution in [0.1, 0.15) is 71.6 Å². The molecule has 6 nitrogen and oxygen atoms in total. The van der Waals surface area contributed by atoms with E-state index in [-0.39, 0.29) is 24.8 Å². The molecule has 160 valence electrons. The maximum atomic E-state index is 5.98. The summed E-state index contributed by atoms with van der Waals surface area (Å²) in [6.07, 6.45) is 10.3. The molecule has 2 aliphatic heterocycles. The number of hydrogen-bond acceptors (Lipinski definition) is 6. The van der Waals surface area contributed by atoms with Gasteiger partial charge in [0.1, 0.15) is 0 Å². The van der Waals surface area contributed by atoms with Crippen LogP contribution in [0.3, 0.4) is 0 Å². The van der Waals surface area contributed by atoms with Gasteiger partial charge >= 0.3 is 0 Å². The molecule has 2 saturated heterocycles. The van der Waals surface area contributed by atoms with E-state index in [1.165, 1.54) is 12.8 Å². The third-order valence-corrected chi connectivity index (χ3v) is 5.11. The molecule has 2 heterocycles. The Kier molecular flexibility index (Phi) is 12.6. The van der Waals surface area contributed by atoms with Gasteiger partial charge in [0.05, 0.1) is 38.6 Å². The third-order valence-electron chi connectivity index (χ3n) is 5.11. The predicted molar refractivity (Wildman–Crippen MR) is 104 cm³/mol. The zero-order chi connectivity index (χ0) is 19.2. The van der Waals surface area contributed by atoms with Gasteiger partial charge in [-0.15, -0.1) is 0 Å². The topological polar surface area (TPSA) is 55.4 Å². The van der Waals surface area contributed by atoms with Crippen LogP contribution in [0.15, 0.2) is 0 Å². The van der Waals surface area contributed by atoms with E-state index in [1.807, 2.05) is 13.8 Å². The molecule has 27 heavy (non-hydrogen) atoms. The Morgan fingerprint density at radius 2 is 1.00 bits per heavy atom. The van der Waals surface area contributed by atoms with Crippen LogP contribution in [0.25, 0.3) is 0 Å². The van der Waals surface area contributed by atoms with E-state index in [2.05, 4.69) is 0 Å². The fourth-order valence-electron chi connectivity index (χ4n) is 3.72. The fourth-order valence-corrected chi connectivity index (χ4v) is 3.72. The summed E-state index contributed by atoms with van der Waals surface area (Å²) < 4.78 is 34.5. The molecule has 3 fully saturated rings. The van der Waals surface area contributed by atoms with Crippen LogP contribution in [0.5, 0.6) is 0 Å². The summed E-state index contributed by atoms with van der Waals surface area (Å²) in [5, 5.41) is 0. The summed E-state index contributed by atoms with van der Waals surface area (Å²) in [4.78, 5) is 0. The molecular weight excluding hydrogens is 348 g/mol. The molecule has 1 aliphatic carbocycles. The van der Waals surface area contributed by atoms with Crippen molar-refractivity contribution in [1.29, 1.82) is 0 Å². The molecule has 6 heteroatoms. The molecule has 0 amide bonds. The molecule has 3 rings (SSSR count). The molecule has 2 unspecified atom stereocenters. The van der Waals surface area contributed by atoms with Gasteiger partial charge in [-0.25, -0.2) is 0 Å². The van der Waals surface area contributed by atoms with Crippen molar-refractivity contribution in [2.24, 2.45) is 0 Å². The quantitative estimate of drug-likeness (QED) is 0.526. The van der Waals surface area contributed by atoms with Crippen molar-refractivity contribution < 1.29 is 28.4 Å². The summed E-state index contributed by atoms with van der Waals surface area (Å²) in [6, 6.07) is 0. The van der Waals surface area contributed by atoms with Gasteiger partial charge in [0.2, 0.25) is 0 Å². The Hall–Kier alpha value is -0.240. The van der Waals surface area contributed by atoms with Gasteiger partial charge in [-0.1, -0.05) is 13.8 Å². The standard InChI is InChI=1S/C19H34O6.C2H6/c1-3-10-22-18(8-1)24-14-12-20-16-6-5-7-17(16)21-13-15-25-19-9-2-4-11-23-19;1-2/h16-19H,1-15H2;1-2H3/t16-,17-,18?,19?;/m1./s1. The summed E-state index contributed by atoms with van der Waals surface area (Å²) in [7, 11) is 0. The monoisotopic (exact) mass is 388 g/mol. The van der Waals surface area contributed by atoms with Gasteiger partial charge in [-0.3, -0.25) is 0 Å². The first-order chi connectivity index (χ1) is 13.4. The molecule has 1 saturated carbocycles. The van der Waals surface area contributed by atoms with Crippen LogP contribution >= 0.6 is 0 Å². The van der Waals surface area contributed by atoms with Gasteiger partial charge in [-0.05, 0) is 57.8 Å². The highest BCUT2D eigenvalue weighted by atomic mass is 16.7. The lowest BCUT2D eigenvalue weighted by atomic mass is 10.2. The first-order valence-electron chi connectivity index (χ1n) is 11.1. The molecule has 4 atom stereocenters. The molecule has 3 aliphatic rings. The van der Waals surface area contributed by atoms with Crippen molar-refractivity contribution >= 4 is 0 Å². The van der Waals surface area contributed by atoms with Crippen molar-refractivity contribution in [1.82, 2.24) is 0 Å². The van der Waals surface area contributed by atoms with Crippen LogP contribution in [-0.2, 0) is 28.4 Å². The molecule has 0 aromatic carbocycles. The Labute approximate surface area is 165 Å². The SMILES string of the molecule is C1CCC(OCCO[C@@H]2CCC[C@H]2OCCOC2CCCCO2)OC1.CC. The second kappa shape index (κ2) is 14.7. The van der Waals surface area contributed by atoms with E-state index in [0.717, 1.165) is 58.2 Å². The molecule has 0 aromatic heterocycles. The second-order valence-electron chi connectivity index (χ2n) is 7.08. The van der Waals surface area contributed by atoms with Gasteiger partial charge < -0.3 is 28.4 Å². The molecule has 0 bridgehead atoms. The fraction of sp³-hybridized carbons (Fsp3) is 1.00. The second-order valence-corrected chi connectivity index (χ2v) is 7.08. The highest BCUT2D eigenvalue weighted by Crippen LogP contribution is 2.25. The lowest BCUT2D eigenvalue weighted by molar-refractivity contribution is -0.180. The minimum absolute atomic E-state index is 0.0351. The van der Waals surface area contributed by atoms with E-state index >= 15 is 0 Å². The summed E-state index contributed by atoms with van der Waals surface area (Å²) in [5.41, 5.74) is 0. The largest absolute Gasteiger partial charge is 0.373 e. The Balaban J connectivity index is 0.00000126. The Bertz CT molecular complexity index is 310. The van der Waals surface area contributed by atoms with E-state index in [9.17, 15) is 0 Å². The van der Waals surface area contributed by atoms with E-state index < -0.39 is 0 Å². The van der Waals surface area contributed by atoms with Crippen molar-refractivity contribution in [3.8, 4) is 0 Å². The zero-order valence-corrected chi connectivity index (χ0v) is 17.4. The van der Waals surface area contributed by atoms with E-state index in [0.29, 0.717) is 26.4 Å². The van der Waals surface area contributed by atoms with Gasteiger partial charge in [0.25, 0.3) is 0 Å². The molecule has 0 radical (unpaired) electrons. The smallest absolute Gasteiger partial charge is 0.157 e. The summed E-state index contributed by atoms with van der Waals surface area (Å²) in [6.45, 7) is 8.04. The Morgan fingerprint density at radius 1 is 0.556 bits per heavy atom. The van der Waals surface area contributed by atoms with E-state index in [1.54, 1.807) is 0 Å². The molecular formula is C21H40O6. The highest BCUT2D eigenvalue weighted by molar-refractivity contribution is 4.79. The van der Waals surface area contributed by atoms with Crippen LogP contribution in [0.4, 0.5) is 0 Å². The van der Waals surface area contributed by atoms with Crippen molar-refractivity contribution in [3.05, 3.63) is 0 Å². The third kappa shape index (κ3) is 9.20. The average Bonchev–Trinajstić information content (AvgIpc) is 3.19. The van der Waals surface area contributed by atoms with Crippen molar-refractivity contribution in [2.75, 3.05) is 39.6 Å². The minimum Gasteiger partial charge on any atom is -0.373 e. The van der Waals surface area contributed by atoms with Crippen LogP contribution < -0.4 is 0 Å². The molecule has 0 aromatic rings. The zero-order valence-electron chi connectivity index (χ0n) is 17.4. The van der Waals surface area contributed by atoms with Gasteiger partial charge in [0, 0.05) is 13.2 Å². The summed E-state index contributed by atoms with van der Waals surface area (Å²) >= 11 is 0. The number of hydrogen-bond donors (Lipinski definition) is 0. The first-order valence-corrected chi connectivity index (χ1v) is 11.1. The van der Waals surface area contributed by atoms with Crippen LogP contribution in [0, 0.1) is 0 Å². The van der Waals surface area contributed by atoms with Crippen LogP contribution in [-0.4, -0.2) is 64.4 Å². The number of rotatable bonds is 10. The number of ether oxygens (including phenoxy) is 6. The summed E-state index contributed by atoms with van der Waals surface area (Å²) in [5.74, 6) is 0. The maximum Gasteiger partial charge on any atom is 0.157 e. The van der Waals surface area contributed by atoms with Gasteiger partial charge in [0.15, 0.2) is 12.6 Å². The molecule has 0 spiro atoms. The molecule has 0 N–H and O–H groups in total. The van der Waals surface area contributed by atoms with Crippen molar-refractivity contribution in [3.63, 3.8) is 0 Å². The van der Waals surface area contributed by atoms with E-state index in [4.69, 9.17) is 28.4 Å².